The lowest BCUT2D eigenvalue weighted by Crippen LogP contribution is -2.48. The van der Waals surface area contributed by atoms with Crippen molar-refractivity contribution < 1.29 is 23.9 Å². The summed E-state index contributed by atoms with van der Waals surface area (Å²) >= 11 is 0. The number of carbonyl (C=O) groups is 3. The number of hydrogen-bond acceptors (Lipinski definition) is 5. The maximum atomic E-state index is 12.3. The lowest BCUT2D eigenvalue weighted by Gasteiger charge is -2.23. The number of unbranched alkanes of at least 4 members (excludes halogenated alkanes) is 1. The highest BCUT2D eigenvalue weighted by Crippen LogP contribution is 2.08. The van der Waals surface area contributed by atoms with Crippen LogP contribution in [0.1, 0.15) is 58.9 Å². The van der Waals surface area contributed by atoms with Gasteiger partial charge in [0.2, 0.25) is 5.91 Å². The highest BCUT2D eigenvalue weighted by Gasteiger charge is 2.23. The van der Waals surface area contributed by atoms with Gasteiger partial charge in [-0.15, -0.1) is 0 Å². The van der Waals surface area contributed by atoms with Crippen molar-refractivity contribution in [2.45, 2.75) is 71.6 Å². The molecule has 3 amide bonds. The highest BCUT2D eigenvalue weighted by atomic mass is 16.6. The summed E-state index contributed by atoms with van der Waals surface area (Å²) in [7, 11) is 0. The maximum absolute atomic E-state index is 12.3. The SMILES string of the molecule is CCCNC(=O)C(CCCCNC(=O)OCc1ccccc1)NC(=O)OC(C)(C)C. The maximum Gasteiger partial charge on any atom is 0.408 e. The molecule has 0 aliphatic carbocycles. The van der Waals surface area contributed by atoms with Gasteiger partial charge in [0.1, 0.15) is 18.2 Å². The second-order valence-electron chi connectivity index (χ2n) is 7.97. The van der Waals surface area contributed by atoms with Crippen molar-refractivity contribution in [3.8, 4) is 0 Å². The fourth-order valence-corrected chi connectivity index (χ4v) is 2.53. The number of ether oxygens (including phenoxy) is 2. The van der Waals surface area contributed by atoms with E-state index >= 15 is 0 Å². The topological polar surface area (TPSA) is 106 Å². The summed E-state index contributed by atoms with van der Waals surface area (Å²) in [6.07, 6.45) is 1.42. The Morgan fingerprint density at radius 3 is 2.30 bits per heavy atom. The zero-order valence-corrected chi connectivity index (χ0v) is 18.5. The van der Waals surface area contributed by atoms with E-state index in [-0.39, 0.29) is 12.5 Å². The van der Waals surface area contributed by atoms with Gasteiger partial charge in [0.05, 0.1) is 0 Å². The summed E-state index contributed by atoms with van der Waals surface area (Å²) < 4.78 is 10.4. The lowest BCUT2D eigenvalue weighted by atomic mass is 10.1. The Labute approximate surface area is 179 Å². The van der Waals surface area contributed by atoms with Crippen LogP contribution in [0.25, 0.3) is 0 Å². The third kappa shape index (κ3) is 11.9. The van der Waals surface area contributed by atoms with Crippen molar-refractivity contribution in [1.29, 1.82) is 0 Å². The number of alkyl carbamates (subject to hydrolysis) is 2. The van der Waals surface area contributed by atoms with Crippen LogP contribution >= 0.6 is 0 Å². The number of rotatable bonds is 11. The van der Waals surface area contributed by atoms with Gasteiger partial charge in [0.25, 0.3) is 0 Å². The zero-order chi connectivity index (χ0) is 22.4. The average molecular weight is 422 g/mol. The van der Waals surface area contributed by atoms with E-state index in [0.717, 1.165) is 12.0 Å². The fraction of sp³-hybridized carbons (Fsp3) is 0.591. The molecule has 8 nitrogen and oxygen atoms in total. The third-order valence-corrected chi connectivity index (χ3v) is 3.96. The number of hydrogen-bond donors (Lipinski definition) is 3. The van der Waals surface area contributed by atoms with Gasteiger partial charge < -0.3 is 25.4 Å². The number of carbonyl (C=O) groups excluding carboxylic acids is 3. The Balaban J connectivity index is 2.34. The van der Waals surface area contributed by atoms with E-state index in [4.69, 9.17) is 9.47 Å². The van der Waals surface area contributed by atoms with Gasteiger partial charge in [-0.25, -0.2) is 9.59 Å². The van der Waals surface area contributed by atoms with Crippen LogP contribution in [0, 0.1) is 0 Å². The van der Waals surface area contributed by atoms with Crippen molar-refractivity contribution in [1.82, 2.24) is 16.0 Å². The first kappa shape index (κ1) is 25.3. The van der Waals surface area contributed by atoms with E-state index in [1.807, 2.05) is 37.3 Å². The molecule has 1 rings (SSSR count). The second-order valence-corrected chi connectivity index (χ2v) is 7.97. The van der Waals surface area contributed by atoms with Crippen LogP contribution in [-0.2, 0) is 20.9 Å². The zero-order valence-electron chi connectivity index (χ0n) is 18.5. The van der Waals surface area contributed by atoms with Crippen molar-refractivity contribution >= 4 is 18.1 Å². The summed E-state index contributed by atoms with van der Waals surface area (Å²) in [5.41, 5.74) is 0.278. The van der Waals surface area contributed by atoms with Crippen LogP contribution in [0.5, 0.6) is 0 Å². The Morgan fingerprint density at radius 2 is 1.67 bits per heavy atom. The molecule has 8 heteroatoms. The molecular weight excluding hydrogens is 386 g/mol. The minimum atomic E-state index is -0.684. The summed E-state index contributed by atoms with van der Waals surface area (Å²) in [6.45, 7) is 8.43. The standard InChI is InChI=1S/C22H35N3O5/c1-5-14-23-19(26)18(25-21(28)30-22(2,3)4)13-9-10-15-24-20(27)29-16-17-11-7-6-8-12-17/h6-8,11-12,18H,5,9-10,13-16H2,1-4H3,(H,23,26)(H,24,27)(H,25,28). The molecule has 30 heavy (non-hydrogen) atoms. The van der Waals surface area contributed by atoms with Gasteiger partial charge in [-0.3, -0.25) is 4.79 Å². The molecule has 0 aromatic heterocycles. The molecule has 0 saturated heterocycles. The fourth-order valence-electron chi connectivity index (χ4n) is 2.53. The molecule has 0 radical (unpaired) electrons. The molecule has 168 valence electrons. The first-order valence-corrected chi connectivity index (χ1v) is 10.4. The van der Waals surface area contributed by atoms with Gasteiger partial charge in [0.15, 0.2) is 0 Å². The third-order valence-electron chi connectivity index (χ3n) is 3.96. The van der Waals surface area contributed by atoms with E-state index < -0.39 is 23.8 Å². The van der Waals surface area contributed by atoms with Gasteiger partial charge in [-0.2, -0.15) is 0 Å². The van der Waals surface area contributed by atoms with E-state index in [1.165, 1.54) is 0 Å². The predicted octanol–water partition coefficient (Wildman–Crippen LogP) is 3.50. The molecular formula is C22H35N3O5. The molecule has 0 aliphatic heterocycles. The summed E-state index contributed by atoms with van der Waals surface area (Å²) in [4.78, 5) is 36.1. The van der Waals surface area contributed by atoms with Crippen LogP contribution in [0.3, 0.4) is 0 Å². The molecule has 0 heterocycles. The van der Waals surface area contributed by atoms with Crippen LogP contribution in [0.2, 0.25) is 0 Å². The van der Waals surface area contributed by atoms with Crippen molar-refractivity contribution in [3.63, 3.8) is 0 Å². The molecule has 0 spiro atoms. The quantitative estimate of drug-likeness (QED) is 0.474. The molecule has 0 fully saturated rings. The summed E-state index contributed by atoms with van der Waals surface area (Å²) in [6, 6.07) is 8.75. The van der Waals surface area contributed by atoms with Gasteiger partial charge in [-0.1, -0.05) is 37.3 Å². The van der Waals surface area contributed by atoms with Crippen molar-refractivity contribution in [2.24, 2.45) is 0 Å². The smallest absolute Gasteiger partial charge is 0.408 e. The van der Waals surface area contributed by atoms with Crippen molar-refractivity contribution in [2.75, 3.05) is 13.1 Å². The second kappa shape index (κ2) is 13.5. The first-order chi connectivity index (χ1) is 14.2. The monoisotopic (exact) mass is 421 g/mol. The summed E-state index contributed by atoms with van der Waals surface area (Å²) in [5, 5.41) is 8.12. The van der Waals surface area contributed by atoms with Gasteiger partial charge >= 0.3 is 12.2 Å². The van der Waals surface area contributed by atoms with Crippen LogP contribution < -0.4 is 16.0 Å². The minimum Gasteiger partial charge on any atom is -0.445 e. The minimum absolute atomic E-state index is 0.214. The van der Waals surface area contributed by atoms with Crippen LogP contribution in [0.4, 0.5) is 9.59 Å². The molecule has 1 aromatic rings. The van der Waals surface area contributed by atoms with E-state index in [2.05, 4.69) is 16.0 Å². The Bertz CT molecular complexity index is 658. The molecule has 3 N–H and O–H groups in total. The number of amides is 3. The van der Waals surface area contributed by atoms with E-state index in [1.54, 1.807) is 20.8 Å². The Morgan fingerprint density at radius 1 is 0.967 bits per heavy atom. The Hall–Kier alpha value is -2.77. The largest absolute Gasteiger partial charge is 0.445 e. The molecule has 0 aliphatic rings. The molecule has 0 saturated carbocycles. The average Bonchev–Trinajstić information content (AvgIpc) is 2.68. The molecule has 1 unspecified atom stereocenters. The first-order valence-electron chi connectivity index (χ1n) is 10.4. The van der Waals surface area contributed by atoms with Gasteiger partial charge in [0, 0.05) is 13.1 Å². The number of benzene rings is 1. The van der Waals surface area contributed by atoms with Gasteiger partial charge in [-0.05, 0) is 52.0 Å². The van der Waals surface area contributed by atoms with Crippen LogP contribution in [0.15, 0.2) is 30.3 Å². The molecule has 0 bridgehead atoms. The summed E-state index contributed by atoms with van der Waals surface area (Å²) in [5.74, 6) is -0.238. The van der Waals surface area contributed by atoms with Crippen molar-refractivity contribution in [3.05, 3.63) is 35.9 Å². The number of nitrogens with one attached hydrogen (secondary N) is 3. The lowest BCUT2D eigenvalue weighted by molar-refractivity contribution is -0.123. The Kier molecular flexibility index (Phi) is 11.3. The van der Waals surface area contributed by atoms with E-state index in [9.17, 15) is 14.4 Å². The normalized spacial score (nSPS) is 11.9. The van der Waals surface area contributed by atoms with E-state index in [0.29, 0.717) is 32.4 Å². The predicted molar refractivity (Wildman–Crippen MR) is 115 cm³/mol. The molecule has 1 aromatic carbocycles. The highest BCUT2D eigenvalue weighted by molar-refractivity contribution is 5.85. The van der Waals surface area contributed by atoms with Crippen LogP contribution in [-0.4, -0.2) is 42.8 Å². The molecule has 1 atom stereocenters.